The number of amides is 1. The van der Waals surface area contributed by atoms with E-state index in [1.807, 2.05) is 30.3 Å². The molecule has 2 aromatic carbocycles. The number of hydrogen-bond acceptors (Lipinski definition) is 5. The summed E-state index contributed by atoms with van der Waals surface area (Å²) in [6, 6.07) is 12.2. The second-order valence-electron chi connectivity index (χ2n) is 6.26. The molecule has 29 heavy (non-hydrogen) atoms. The summed E-state index contributed by atoms with van der Waals surface area (Å²) in [5.74, 6) is -0.860. The number of halogens is 2. The van der Waals surface area contributed by atoms with E-state index >= 15 is 0 Å². The lowest BCUT2D eigenvalue weighted by Gasteiger charge is -2.08. The number of aryl methyl sites for hydroxylation is 1. The van der Waals surface area contributed by atoms with E-state index in [2.05, 4.69) is 20.4 Å². The van der Waals surface area contributed by atoms with Crippen molar-refractivity contribution >= 4 is 11.6 Å². The Morgan fingerprint density at radius 3 is 2.69 bits per heavy atom. The molecule has 0 aliphatic heterocycles. The molecular formula is C20H15F2N5O2. The fraction of sp³-hybridized carbons (Fsp3) is 0.100. The molecule has 146 valence electrons. The lowest BCUT2D eigenvalue weighted by molar-refractivity contribution is -0.116. The molecule has 4 aromatic rings. The zero-order valence-electron chi connectivity index (χ0n) is 15.3. The van der Waals surface area contributed by atoms with Gasteiger partial charge in [-0.2, -0.15) is 4.98 Å². The molecule has 0 aliphatic carbocycles. The highest BCUT2D eigenvalue weighted by atomic mass is 19.1. The van der Waals surface area contributed by atoms with Gasteiger partial charge < -0.3 is 14.4 Å². The average Bonchev–Trinajstić information content (AvgIpc) is 3.32. The molecule has 0 fully saturated rings. The Morgan fingerprint density at radius 2 is 1.93 bits per heavy atom. The highest BCUT2D eigenvalue weighted by molar-refractivity contribution is 5.90. The zero-order valence-corrected chi connectivity index (χ0v) is 15.3. The fourth-order valence-electron chi connectivity index (χ4n) is 2.74. The minimum atomic E-state index is -0.846. The zero-order chi connectivity index (χ0) is 20.4. The van der Waals surface area contributed by atoms with E-state index in [-0.39, 0.29) is 18.1 Å². The maximum atomic E-state index is 13.7. The highest BCUT2D eigenvalue weighted by Gasteiger charge is 2.16. The number of imidazole rings is 1. The highest BCUT2D eigenvalue weighted by Crippen LogP contribution is 2.22. The van der Waals surface area contributed by atoms with Gasteiger partial charge in [-0.15, -0.1) is 0 Å². The minimum Gasteiger partial charge on any atom is -0.334 e. The molecule has 0 saturated heterocycles. The molecule has 0 bridgehead atoms. The Labute approximate surface area is 164 Å². The normalized spacial score (nSPS) is 10.9. The van der Waals surface area contributed by atoms with Crippen LogP contribution in [0.5, 0.6) is 0 Å². The van der Waals surface area contributed by atoms with Crippen LogP contribution in [0.1, 0.15) is 5.82 Å². The van der Waals surface area contributed by atoms with E-state index < -0.39 is 17.5 Å². The topological polar surface area (TPSA) is 85.8 Å². The van der Waals surface area contributed by atoms with Crippen molar-refractivity contribution in [2.45, 2.75) is 13.5 Å². The van der Waals surface area contributed by atoms with E-state index in [1.54, 1.807) is 17.7 Å². The maximum absolute atomic E-state index is 13.7. The van der Waals surface area contributed by atoms with Gasteiger partial charge in [0.2, 0.25) is 11.7 Å². The van der Waals surface area contributed by atoms with Crippen molar-refractivity contribution in [3.63, 3.8) is 0 Å². The molecule has 2 heterocycles. The molecule has 4 rings (SSSR count). The van der Waals surface area contributed by atoms with Crippen molar-refractivity contribution < 1.29 is 18.1 Å². The molecule has 0 atom stereocenters. The Bertz CT molecular complexity index is 1170. The smallest absolute Gasteiger partial charge is 0.258 e. The first kappa shape index (κ1) is 18.5. The van der Waals surface area contributed by atoms with Crippen molar-refractivity contribution in [1.29, 1.82) is 0 Å². The van der Waals surface area contributed by atoms with Crippen molar-refractivity contribution in [1.82, 2.24) is 19.7 Å². The molecule has 9 heteroatoms. The Hall–Kier alpha value is -3.88. The first-order valence-electron chi connectivity index (χ1n) is 8.68. The summed E-state index contributed by atoms with van der Waals surface area (Å²) in [5, 5.41) is 6.35. The third kappa shape index (κ3) is 4.03. The van der Waals surface area contributed by atoms with Crippen molar-refractivity contribution in [3.8, 4) is 23.0 Å². The van der Waals surface area contributed by atoms with Gasteiger partial charge in [0.05, 0.1) is 5.69 Å². The van der Waals surface area contributed by atoms with Gasteiger partial charge in [0.15, 0.2) is 0 Å². The van der Waals surface area contributed by atoms with Gasteiger partial charge in [-0.3, -0.25) is 4.79 Å². The summed E-state index contributed by atoms with van der Waals surface area (Å²) in [6.45, 7) is 1.60. The Kier molecular flexibility index (Phi) is 4.86. The number of nitrogens with zero attached hydrogens (tertiary/aromatic N) is 4. The molecule has 0 aliphatic rings. The van der Waals surface area contributed by atoms with E-state index in [0.717, 1.165) is 11.6 Å². The molecule has 0 unspecified atom stereocenters. The summed E-state index contributed by atoms with van der Waals surface area (Å²) in [7, 11) is 0. The molecule has 0 spiro atoms. The van der Waals surface area contributed by atoms with Crippen LogP contribution in [-0.4, -0.2) is 25.6 Å². The quantitative estimate of drug-likeness (QED) is 0.555. The van der Waals surface area contributed by atoms with Gasteiger partial charge in [-0.1, -0.05) is 23.4 Å². The van der Waals surface area contributed by atoms with Crippen LogP contribution in [0.25, 0.3) is 23.0 Å². The average molecular weight is 395 g/mol. The molecule has 1 N–H and O–H groups in total. The van der Waals surface area contributed by atoms with Gasteiger partial charge in [-0.05, 0) is 31.2 Å². The second kappa shape index (κ2) is 7.63. The van der Waals surface area contributed by atoms with Crippen LogP contribution in [0.4, 0.5) is 14.5 Å². The van der Waals surface area contributed by atoms with Crippen LogP contribution in [0.15, 0.2) is 59.3 Å². The number of aromatic nitrogens is 4. The van der Waals surface area contributed by atoms with E-state index in [4.69, 9.17) is 4.52 Å². The lowest BCUT2D eigenvalue weighted by atomic mass is 10.2. The van der Waals surface area contributed by atoms with Crippen LogP contribution >= 0.6 is 0 Å². The van der Waals surface area contributed by atoms with E-state index in [1.165, 1.54) is 6.07 Å². The lowest BCUT2D eigenvalue weighted by Crippen LogP contribution is -2.19. The van der Waals surface area contributed by atoms with Gasteiger partial charge >= 0.3 is 0 Å². The third-order valence-corrected chi connectivity index (χ3v) is 4.17. The first-order chi connectivity index (χ1) is 14.0. The molecular weight excluding hydrogens is 380 g/mol. The predicted molar refractivity (Wildman–Crippen MR) is 101 cm³/mol. The SMILES string of the molecule is Cc1nc(-c2noc(-c3ccccc3)n2)cn1CC(=O)Nc1ccc(F)cc1F. The monoisotopic (exact) mass is 395 g/mol. The summed E-state index contributed by atoms with van der Waals surface area (Å²) >= 11 is 0. The van der Waals surface area contributed by atoms with Crippen molar-refractivity contribution in [2.24, 2.45) is 0 Å². The number of nitrogens with one attached hydrogen (secondary N) is 1. The molecule has 2 aromatic heterocycles. The van der Waals surface area contributed by atoms with Crippen LogP contribution < -0.4 is 5.32 Å². The number of anilines is 1. The largest absolute Gasteiger partial charge is 0.334 e. The van der Waals surface area contributed by atoms with E-state index in [9.17, 15) is 13.6 Å². The maximum Gasteiger partial charge on any atom is 0.258 e. The van der Waals surface area contributed by atoms with Gasteiger partial charge in [-0.25, -0.2) is 13.8 Å². The molecule has 0 radical (unpaired) electrons. The molecule has 1 amide bonds. The summed E-state index contributed by atoms with van der Waals surface area (Å²) in [5.41, 5.74) is 1.12. The summed E-state index contributed by atoms with van der Waals surface area (Å²) in [6.07, 6.45) is 1.61. The fourth-order valence-corrected chi connectivity index (χ4v) is 2.74. The molecule has 0 saturated carbocycles. The number of hydrogen-bond donors (Lipinski definition) is 1. The summed E-state index contributed by atoms with van der Waals surface area (Å²) < 4.78 is 33.5. The van der Waals surface area contributed by atoms with E-state index in [0.29, 0.717) is 23.5 Å². The number of carbonyl (C=O) groups is 1. The minimum absolute atomic E-state index is 0.0972. The first-order valence-corrected chi connectivity index (χ1v) is 8.68. The number of rotatable bonds is 5. The van der Waals surface area contributed by atoms with Crippen LogP contribution in [0, 0.1) is 18.6 Å². The Morgan fingerprint density at radius 1 is 1.14 bits per heavy atom. The van der Waals surface area contributed by atoms with Crippen LogP contribution in [0.3, 0.4) is 0 Å². The second-order valence-corrected chi connectivity index (χ2v) is 6.26. The summed E-state index contributed by atoms with van der Waals surface area (Å²) in [4.78, 5) is 20.9. The van der Waals surface area contributed by atoms with Gasteiger partial charge in [0, 0.05) is 17.8 Å². The molecule has 7 nitrogen and oxygen atoms in total. The van der Waals surface area contributed by atoms with Crippen molar-refractivity contribution in [3.05, 3.63) is 72.2 Å². The standard InChI is InChI=1S/C20H15F2N5O2/c1-12-23-17(19-25-20(29-26-19)13-5-3-2-4-6-13)10-27(12)11-18(28)24-16-8-7-14(21)9-15(16)22/h2-10H,11H2,1H3,(H,24,28). The van der Waals surface area contributed by atoms with Crippen LogP contribution in [-0.2, 0) is 11.3 Å². The Balaban J connectivity index is 1.49. The number of benzene rings is 2. The van der Waals surface area contributed by atoms with Gasteiger partial charge in [0.1, 0.15) is 29.7 Å². The number of carbonyl (C=O) groups excluding carboxylic acids is 1. The van der Waals surface area contributed by atoms with Gasteiger partial charge in [0.25, 0.3) is 5.89 Å². The third-order valence-electron chi connectivity index (χ3n) is 4.17. The van der Waals surface area contributed by atoms with Crippen LogP contribution in [0.2, 0.25) is 0 Å². The predicted octanol–water partition coefficient (Wildman–Crippen LogP) is 3.83. The van der Waals surface area contributed by atoms with Crippen molar-refractivity contribution in [2.75, 3.05) is 5.32 Å².